The van der Waals surface area contributed by atoms with Crippen molar-refractivity contribution in [3.05, 3.63) is 29.8 Å². The number of carboxylic acid groups (broad SMARTS) is 1. The van der Waals surface area contributed by atoms with Crippen LogP contribution in [-0.2, 0) is 9.59 Å². The minimum Gasteiger partial charge on any atom is -0.481 e. The maximum Gasteiger partial charge on any atom is 0.308 e. The summed E-state index contributed by atoms with van der Waals surface area (Å²) in [4.78, 5) is 37.1. The Morgan fingerprint density at radius 1 is 1.21 bits per heavy atom. The Bertz CT molecular complexity index is 655. The Labute approximate surface area is 140 Å². The van der Waals surface area contributed by atoms with Crippen molar-refractivity contribution < 1.29 is 19.5 Å². The van der Waals surface area contributed by atoms with Crippen molar-refractivity contribution >= 4 is 23.5 Å². The highest BCUT2D eigenvalue weighted by molar-refractivity contribution is 5.97. The second kappa shape index (κ2) is 6.63. The maximum absolute atomic E-state index is 12.5. The average molecular weight is 330 g/mol. The fraction of sp³-hybridized carbons (Fsp3) is 0.500. The van der Waals surface area contributed by atoms with Gasteiger partial charge in [-0.3, -0.25) is 14.4 Å². The van der Waals surface area contributed by atoms with E-state index < -0.39 is 11.9 Å². The normalized spacial score (nSPS) is 25.9. The van der Waals surface area contributed by atoms with Crippen LogP contribution in [0.5, 0.6) is 0 Å². The first-order valence-corrected chi connectivity index (χ1v) is 8.38. The van der Waals surface area contributed by atoms with E-state index in [2.05, 4.69) is 12.2 Å². The number of hydrogen-bond acceptors (Lipinski definition) is 3. The highest BCUT2D eigenvalue weighted by Gasteiger charge is 2.39. The number of amides is 2. The van der Waals surface area contributed by atoms with Crippen molar-refractivity contribution in [2.24, 2.45) is 17.8 Å². The van der Waals surface area contributed by atoms with Crippen LogP contribution < -0.4 is 5.32 Å². The molecule has 3 atom stereocenters. The van der Waals surface area contributed by atoms with Gasteiger partial charge in [-0.05, 0) is 49.4 Å². The van der Waals surface area contributed by atoms with Crippen LogP contribution in [0.3, 0.4) is 0 Å². The lowest BCUT2D eigenvalue weighted by atomic mass is 9.97. The molecule has 2 aliphatic rings. The summed E-state index contributed by atoms with van der Waals surface area (Å²) in [6.07, 6.45) is 2.25. The summed E-state index contributed by atoms with van der Waals surface area (Å²) in [6.45, 7) is 2.89. The van der Waals surface area contributed by atoms with Gasteiger partial charge in [-0.2, -0.15) is 0 Å². The molecule has 1 saturated heterocycles. The van der Waals surface area contributed by atoms with Gasteiger partial charge in [-0.1, -0.05) is 6.92 Å². The van der Waals surface area contributed by atoms with Gasteiger partial charge in [-0.15, -0.1) is 0 Å². The zero-order valence-electron chi connectivity index (χ0n) is 13.7. The molecular weight excluding hydrogens is 308 g/mol. The molecule has 3 unspecified atom stereocenters. The standard InChI is InChI=1S/C18H22N2O4/c1-11-9-15(11)16(21)19-14-6-4-12(5-7-14)17(22)20-8-2-3-13(10-20)18(23)24/h4-7,11,13,15H,2-3,8-10H2,1H3,(H,19,21)(H,23,24). The molecule has 2 N–H and O–H groups in total. The first-order chi connectivity index (χ1) is 11.5. The second-order valence-electron chi connectivity index (χ2n) is 6.81. The highest BCUT2D eigenvalue weighted by Crippen LogP contribution is 2.38. The zero-order chi connectivity index (χ0) is 17.3. The lowest BCUT2D eigenvalue weighted by Gasteiger charge is -2.30. The van der Waals surface area contributed by atoms with E-state index >= 15 is 0 Å². The van der Waals surface area contributed by atoms with Crippen LogP contribution in [0.1, 0.15) is 36.5 Å². The molecular formula is C18H22N2O4. The molecule has 0 spiro atoms. The first-order valence-electron chi connectivity index (χ1n) is 8.38. The van der Waals surface area contributed by atoms with Crippen molar-refractivity contribution in [2.45, 2.75) is 26.2 Å². The predicted molar refractivity (Wildman–Crippen MR) is 88.6 cm³/mol. The minimum atomic E-state index is -0.847. The van der Waals surface area contributed by atoms with E-state index in [1.807, 2.05) is 0 Å². The number of carbonyl (C=O) groups is 3. The third-order valence-corrected chi connectivity index (χ3v) is 4.90. The summed E-state index contributed by atoms with van der Waals surface area (Å²) < 4.78 is 0. The van der Waals surface area contributed by atoms with Gasteiger partial charge >= 0.3 is 5.97 Å². The Kier molecular flexibility index (Phi) is 4.55. The van der Waals surface area contributed by atoms with Crippen molar-refractivity contribution in [2.75, 3.05) is 18.4 Å². The lowest BCUT2D eigenvalue weighted by Crippen LogP contribution is -2.42. The lowest BCUT2D eigenvalue weighted by molar-refractivity contribution is -0.143. The summed E-state index contributed by atoms with van der Waals surface area (Å²) in [7, 11) is 0. The van der Waals surface area contributed by atoms with Gasteiger partial charge < -0.3 is 15.3 Å². The van der Waals surface area contributed by atoms with Crippen molar-refractivity contribution in [1.82, 2.24) is 4.90 Å². The van der Waals surface area contributed by atoms with E-state index in [4.69, 9.17) is 5.11 Å². The Morgan fingerprint density at radius 2 is 1.88 bits per heavy atom. The SMILES string of the molecule is CC1CC1C(=O)Nc1ccc(C(=O)N2CCCC(C(=O)O)C2)cc1. The largest absolute Gasteiger partial charge is 0.481 e. The molecule has 1 aromatic rings. The van der Waals surface area contributed by atoms with E-state index in [0.29, 0.717) is 36.6 Å². The molecule has 6 nitrogen and oxygen atoms in total. The summed E-state index contributed by atoms with van der Waals surface area (Å²) in [5, 5.41) is 12.0. The van der Waals surface area contributed by atoms with Crippen LogP contribution in [-0.4, -0.2) is 40.9 Å². The Balaban J connectivity index is 1.61. The molecule has 0 bridgehead atoms. The Morgan fingerprint density at radius 3 is 2.46 bits per heavy atom. The van der Waals surface area contributed by atoms with Gasteiger partial charge in [0.15, 0.2) is 0 Å². The summed E-state index contributed by atoms with van der Waals surface area (Å²) >= 11 is 0. The van der Waals surface area contributed by atoms with E-state index in [9.17, 15) is 14.4 Å². The number of nitrogens with zero attached hydrogens (tertiary/aromatic N) is 1. The third kappa shape index (κ3) is 3.58. The number of rotatable bonds is 4. The number of nitrogens with one attached hydrogen (secondary N) is 1. The molecule has 2 amide bonds. The molecule has 1 aliphatic heterocycles. The number of carboxylic acids is 1. The molecule has 1 heterocycles. The van der Waals surface area contributed by atoms with Crippen molar-refractivity contribution in [3.8, 4) is 0 Å². The number of benzene rings is 1. The maximum atomic E-state index is 12.5. The summed E-state index contributed by atoms with van der Waals surface area (Å²) in [5.74, 6) is -0.905. The molecule has 24 heavy (non-hydrogen) atoms. The van der Waals surface area contributed by atoms with Crippen molar-refractivity contribution in [1.29, 1.82) is 0 Å². The van der Waals surface area contributed by atoms with Crippen LogP contribution in [0.15, 0.2) is 24.3 Å². The van der Waals surface area contributed by atoms with Gasteiger partial charge in [0.1, 0.15) is 0 Å². The molecule has 0 aromatic heterocycles. The average Bonchev–Trinajstić information content (AvgIpc) is 3.32. The fourth-order valence-electron chi connectivity index (χ4n) is 3.16. The number of carbonyl (C=O) groups excluding carboxylic acids is 2. The van der Waals surface area contributed by atoms with Crippen LogP contribution in [0, 0.1) is 17.8 Å². The third-order valence-electron chi connectivity index (χ3n) is 4.90. The van der Waals surface area contributed by atoms with Gasteiger partial charge in [-0.25, -0.2) is 0 Å². The van der Waals surface area contributed by atoms with Gasteiger partial charge in [0, 0.05) is 30.3 Å². The molecule has 2 fully saturated rings. The molecule has 128 valence electrons. The first kappa shape index (κ1) is 16.5. The minimum absolute atomic E-state index is 0.0295. The molecule has 1 aliphatic carbocycles. The van der Waals surface area contributed by atoms with Crippen LogP contribution in [0.4, 0.5) is 5.69 Å². The van der Waals surface area contributed by atoms with E-state index in [1.54, 1.807) is 29.2 Å². The van der Waals surface area contributed by atoms with E-state index in [1.165, 1.54) is 0 Å². The quantitative estimate of drug-likeness (QED) is 0.886. The van der Waals surface area contributed by atoms with E-state index in [-0.39, 0.29) is 24.3 Å². The number of hydrogen-bond donors (Lipinski definition) is 2. The van der Waals surface area contributed by atoms with Crippen LogP contribution >= 0.6 is 0 Å². The predicted octanol–water partition coefficient (Wildman–Crippen LogP) is 2.22. The second-order valence-corrected chi connectivity index (χ2v) is 6.81. The van der Waals surface area contributed by atoms with Gasteiger partial charge in [0.2, 0.25) is 5.91 Å². The van der Waals surface area contributed by atoms with Gasteiger partial charge in [0.25, 0.3) is 5.91 Å². The molecule has 1 saturated carbocycles. The molecule has 1 aromatic carbocycles. The zero-order valence-corrected chi connectivity index (χ0v) is 13.7. The van der Waals surface area contributed by atoms with Crippen LogP contribution in [0.25, 0.3) is 0 Å². The monoisotopic (exact) mass is 330 g/mol. The van der Waals surface area contributed by atoms with Crippen molar-refractivity contribution in [3.63, 3.8) is 0 Å². The smallest absolute Gasteiger partial charge is 0.308 e. The number of aliphatic carboxylic acids is 1. The number of piperidine rings is 1. The van der Waals surface area contributed by atoms with E-state index in [0.717, 1.165) is 6.42 Å². The summed E-state index contributed by atoms with van der Waals surface area (Å²) in [6, 6.07) is 6.80. The van der Waals surface area contributed by atoms with Gasteiger partial charge in [0.05, 0.1) is 5.92 Å². The topological polar surface area (TPSA) is 86.7 Å². The fourth-order valence-corrected chi connectivity index (χ4v) is 3.16. The number of likely N-dealkylation sites (tertiary alicyclic amines) is 1. The summed E-state index contributed by atoms with van der Waals surface area (Å²) in [5.41, 5.74) is 1.19. The molecule has 3 rings (SSSR count). The highest BCUT2D eigenvalue weighted by atomic mass is 16.4. The molecule has 0 radical (unpaired) electrons. The van der Waals surface area contributed by atoms with Crippen LogP contribution in [0.2, 0.25) is 0 Å². The molecule has 6 heteroatoms. The Hall–Kier alpha value is -2.37. The number of anilines is 1.